The average Bonchev–Trinajstić information content (AvgIpc) is 3.01. The number of rotatable bonds is 3. The van der Waals surface area contributed by atoms with Gasteiger partial charge in [-0.3, -0.25) is 14.7 Å². The number of hydrogen-bond donors (Lipinski definition) is 0. The van der Waals surface area contributed by atoms with Crippen LogP contribution in [0.25, 0.3) is 0 Å². The zero-order chi connectivity index (χ0) is 16.2. The van der Waals surface area contributed by atoms with E-state index in [4.69, 9.17) is 5.26 Å². The highest BCUT2D eigenvalue weighted by Gasteiger charge is 2.23. The van der Waals surface area contributed by atoms with Gasteiger partial charge in [0.2, 0.25) is 0 Å². The van der Waals surface area contributed by atoms with Crippen LogP contribution in [0.5, 0.6) is 0 Å². The molecule has 23 heavy (non-hydrogen) atoms. The Bertz CT molecular complexity index is 737. The van der Waals surface area contributed by atoms with Crippen molar-refractivity contribution in [3.63, 3.8) is 0 Å². The summed E-state index contributed by atoms with van der Waals surface area (Å²) in [4.78, 5) is 20.6. The van der Waals surface area contributed by atoms with Gasteiger partial charge in [-0.25, -0.2) is 0 Å². The van der Waals surface area contributed by atoms with E-state index < -0.39 is 0 Å². The summed E-state index contributed by atoms with van der Waals surface area (Å²) in [7, 11) is 1.89. The van der Waals surface area contributed by atoms with Gasteiger partial charge < -0.3 is 9.47 Å². The first kappa shape index (κ1) is 15.3. The van der Waals surface area contributed by atoms with Gasteiger partial charge in [-0.1, -0.05) is 0 Å². The molecule has 6 heteroatoms. The molecule has 0 aromatic carbocycles. The van der Waals surface area contributed by atoms with Gasteiger partial charge in [0.25, 0.3) is 5.91 Å². The molecule has 0 radical (unpaired) electrons. The van der Waals surface area contributed by atoms with Crippen LogP contribution < -0.4 is 0 Å². The van der Waals surface area contributed by atoms with E-state index >= 15 is 0 Å². The van der Waals surface area contributed by atoms with Crippen molar-refractivity contribution in [2.24, 2.45) is 7.05 Å². The van der Waals surface area contributed by atoms with Crippen molar-refractivity contribution in [3.8, 4) is 6.07 Å². The van der Waals surface area contributed by atoms with E-state index in [1.807, 2.05) is 40.9 Å². The fourth-order valence-corrected chi connectivity index (χ4v) is 2.86. The van der Waals surface area contributed by atoms with Gasteiger partial charge in [-0.05, 0) is 23.8 Å². The molecule has 118 valence electrons. The molecule has 0 atom stereocenters. The van der Waals surface area contributed by atoms with Gasteiger partial charge in [0.15, 0.2) is 0 Å². The van der Waals surface area contributed by atoms with Gasteiger partial charge >= 0.3 is 0 Å². The van der Waals surface area contributed by atoms with Crippen LogP contribution in [0.3, 0.4) is 0 Å². The first-order valence-electron chi connectivity index (χ1n) is 7.65. The molecule has 6 nitrogen and oxygen atoms in total. The molecule has 1 aliphatic heterocycles. The van der Waals surface area contributed by atoms with Crippen LogP contribution in [0.15, 0.2) is 36.8 Å². The third kappa shape index (κ3) is 3.25. The van der Waals surface area contributed by atoms with Crippen molar-refractivity contribution in [3.05, 3.63) is 53.6 Å². The van der Waals surface area contributed by atoms with Crippen LogP contribution in [0.1, 0.15) is 21.6 Å². The minimum absolute atomic E-state index is 0.0822. The SMILES string of the molecule is Cn1cccc1C(=O)N1CCN(Cc2ccncc2C#N)CC1. The lowest BCUT2D eigenvalue weighted by atomic mass is 10.1. The Morgan fingerprint density at radius 1 is 1.30 bits per heavy atom. The van der Waals surface area contributed by atoms with Gasteiger partial charge in [0.05, 0.1) is 5.56 Å². The highest BCUT2D eigenvalue weighted by atomic mass is 16.2. The third-order valence-electron chi connectivity index (χ3n) is 4.25. The fourth-order valence-electron chi connectivity index (χ4n) is 2.86. The maximum absolute atomic E-state index is 12.5. The molecule has 1 fully saturated rings. The Morgan fingerprint density at radius 2 is 2.09 bits per heavy atom. The molecule has 0 saturated carbocycles. The Hall–Kier alpha value is -2.65. The van der Waals surface area contributed by atoms with E-state index in [1.54, 1.807) is 12.4 Å². The zero-order valence-corrected chi connectivity index (χ0v) is 13.1. The molecule has 1 amide bonds. The first-order valence-corrected chi connectivity index (χ1v) is 7.65. The standard InChI is InChI=1S/C17H19N5O/c1-20-6-2-3-16(20)17(23)22-9-7-21(8-10-22)13-14-4-5-19-12-15(14)11-18/h2-6,12H,7-10,13H2,1H3. The highest BCUT2D eigenvalue weighted by molar-refractivity contribution is 5.92. The third-order valence-corrected chi connectivity index (χ3v) is 4.25. The number of nitrogens with zero attached hydrogens (tertiary/aromatic N) is 5. The summed E-state index contributed by atoms with van der Waals surface area (Å²) in [6.07, 6.45) is 5.20. The predicted molar refractivity (Wildman–Crippen MR) is 85.5 cm³/mol. The molecule has 2 aromatic heterocycles. The predicted octanol–water partition coefficient (Wildman–Crippen LogP) is 1.25. The molecule has 3 rings (SSSR count). The number of piperazine rings is 1. The molecule has 1 aliphatic rings. The Morgan fingerprint density at radius 3 is 2.74 bits per heavy atom. The number of nitriles is 1. The van der Waals surface area contributed by atoms with E-state index in [9.17, 15) is 4.79 Å². The van der Waals surface area contributed by atoms with E-state index in [0.717, 1.165) is 30.9 Å². The second kappa shape index (κ2) is 6.63. The topological polar surface area (TPSA) is 65.2 Å². The largest absolute Gasteiger partial charge is 0.347 e. The number of carbonyl (C=O) groups is 1. The molecular weight excluding hydrogens is 290 g/mol. The molecule has 0 spiro atoms. The van der Waals surface area contributed by atoms with E-state index in [1.165, 1.54) is 0 Å². The minimum atomic E-state index is 0.0822. The lowest BCUT2D eigenvalue weighted by molar-refractivity contribution is 0.0619. The zero-order valence-electron chi connectivity index (χ0n) is 13.1. The lowest BCUT2D eigenvalue weighted by Crippen LogP contribution is -2.48. The van der Waals surface area contributed by atoms with Crippen molar-refractivity contribution >= 4 is 5.91 Å². The second-order valence-electron chi connectivity index (χ2n) is 5.72. The first-order chi connectivity index (χ1) is 11.2. The molecule has 0 unspecified atom stereocenters. The van der Waals surface area contributed by atoms with Gasteiger partial charge in [0.1, 0.15) is 11.8 Å². The number of carbonyl (C=O) groups excluding carboxylic acids is 1. The van der Waals surface area contributed by atoms with Crippen LogP contribution in [0.2, 0.25) is 0 Å². The molecule has 3 heterocycles. The van der Waals surface area contributed by atoms with Crippen LogP contribution >= 0.6 is 0 Å². The summed E-state index contributed by atoms with van der Waals surface area (Å²) in [5, 5.41) is 9.13. The summed E-state index contributed by atoms with van der Waals surface area (Å²) in [5.41, 5.74) is 2.33. The van der Waals surface area contributed by atoms with Crippen molar-refractivity contribution in [1.82, 2.24) is 19.4 Å². The maximum atomic E-state index is 12.5. The van der Waals surface area contributed by atoms with E-state index in [0.29, 0.717) is 18.7 Å². The van der Waals surface area contributed by atoms with Gasteiger partial charge in [-0.15, -0.1) is 0 Å². The van der Waals surface area contributed by atoms with E-state index in [2.05, 4.69) is 16.0 Å². The summed E-state index contributed by atoms with van der Waals surface area (Å²) in [5.74, 6) is 0.0822. The Labute approximate surface area is 135 Å². The summed E-state index contributed by atoms with van der Waals surface area (Å²) in [6.45, 7) is 3.75. The smallest absolute Gasteiger partial charge is 0.270 e. The minimum Gasteiger partial charge on any atom is -0.347 e. The quantitative estimate of drug-likeness (QED) is 0.856. The Balaban J connectivity index is 1.60. The average molecular weight is 309 g/mol. The normalized spacial score (nSPS) is 15.4. The van der Waals surface area contributed by atoms with Crippen LogP contribution in [0, 0.1) is 11.3 Å². The molecule has 2 aromatic rings. The molecular formula is C17H19N5O. The summed E-state index contributed by atoms with van der Waals surface area (Å²) < 4.78 is 1.85. The van der Waals surface area contributed by atoms with Crippen LogP contribution in [0.4, 0.5) is 0 Å². The molecule has 0 aliphatic carbocycles. The fraction of sp³-hybridized carbons (Fsp3) is 0.353. The van der Waals surface area contributed by atoms with Gasteiger partial charge in [-0.2, -0.15) is 5.26 Å². The van der Waals surface area contributed by atoms with Crippen molar-refractivity contribution < 1.29 is 4.79 Å². The van der Waals surface area contributed by atoms with Crippen LogP contribution in [-0.2, 0) is 13.6 Å². The second-order valence-corrected chi connectivity index (χ2v) is 5.72. The summed E-state index contributed by atoms with van der Waals surface area (Å²) in [6, 6.07) is 7.81. The van der Waals surface area contributed by atoms with Crippen molar-refractivity contribution in [2.45, 2.75) is 6.54 Å². The monoisotopic (exact) mass is 309 g/mol. The molecule has 0 bridgehead atoms. The summed E-state index contributed by atoms with van der Waals surface area (Å²) >= 11 is 0. The van der Waals surface area contributed by atoms with E-state index in [-0.39, 0.29) is 5.91 Å². The molecule has 1 saturated heterocycles. The number of hydrogen-bond acceptors (Lipinski definition) is 4. The lowest BCUT2D eigenvalue weighted by Gasteiger charge is -2.34. The number of pyridine rings is 1. The Kier molecular flexibility index (Phi) is 4.40. The maximum Gasteiger partial charge on any atom is 0.270 e. The van der Waals surface area contributed by atoms with Crippen molar-refractivity contribution in [2.75, 3.05) is 26.2 Å². The molecule has 0 N–H and O–H groups in total. The number of aryl methyl sites for hydroxylation is 1. The van der Waals surface area contributed by atoms with Gasteiger partial charge in [0, 0.05) is 58.4 Å². The van der Waals surface area contributed by atoms with Crippen molar-refractivity contribution in [1.29, 1.82) is 5.26 Å². The van der Waals surface area contributed by atoms with Crippen LogP contribution in [-0.4, -0.2) is 51.4 Å². The number of amides is 1. The number of aromatic nitrogens is 2. The highest BCUT2D eigenvalue weighted by Crippen LogP contribution is 2.13.